The third-order valence-electron chi connectivity index (χ3n) is 4.44. The van der Waals surface area contributed by atoms with Crippen LogP contribution < -0.4 is 0 Å². The second kappa shape index (κ2) is 4.52. The van der Waals surface area contributed by atoms with Gasteiger partial charge in [-0.15, -0.1) is 0 Å². The molecule has 0 N–H and O–H groups in total. The Morgan fingerprint density at radius 3 is 2.80 bits per heavy atom. The lowest BCUT2D eigenvalue weighted by molar-refractivity contribution is 0.834. The third kappa shape index (κ3) is 1.94. The first-order valence-corrected chi connectivity index (χ1v) is 7.46. The van der Waals surface area contributed by atoms with Gasteiger partial charge in [-0.2, -0.15) is 0 Å². The van der Waals surface area contributed by atoms with Crippen molar-refractivity contribution in [3.8, 4) is 0 Å². The zero-order valence-corrected chi connectivity index (χ0v) is 11.9. The molecule has 1 heteroatoms. The maximum Gasteiger partial charge on any atom is 0.0483 e. The van der Waals surface area contributed by atoms with Gasteiger partial charge in [-0.1, -0.05) is 29.8 Å². The van der Waals surface area contributed by atoms with Crippen molar-refractivity contribution in [3.05, 3.63) is 70.9 Å². The number of fused-ring (bicyclic) bond motifs is 2. The SMILES string of the molecule is Cc1ccc2c(ccn2Cc2ccc3c(c2)CCC3)c1. The monoisotopic (exact) mass is 261 g/mol. The van der Waals surface area contributed by atoms with Crippen LogP contribution in [0.25, 0.3) is 10.9 Å². The number of hydrogen-bond acceptors (Lipinski definition) is 0. The summed E-state index contributed by atoms with van der Waals surface area (Å²) in [6.45, 7) is 3.12. The Kier molecular flexibility index (Phi) is 2.66. The molecule has 1 aliphatic carbocycles. The molecule has 4 rings (SSSR count). The van der Waals surface area contributed by atoms with Crippen LogP contribution in [0.3, 0.4) is 0 Å². The van der Waals surface area contributed by atoms with E-state index in [1.165, 1.54) is 41.3 Å². The van der Waals surface area contributed by atoms with Crippen LogP contribution in [-0.2, 0) is 19.4 Å². The van der Waals surface area contributed by atoms with Gasteiger partial charge in [-0.05, 0) is 66.5 Å². The van der Waals surface area contributed by atoms with Crippen molar-refractivity contribution in [2.75, 3.05) is 0 Å². The summed E-state index contributed by atoms with van der Waals surface area (Å²) < 4.78 is 2.35. The minimum atomic E-state index is 0.972. The first-order valence-electron chi connectivity index (χ1n) is 7.46. The normalized spacial score (nSPS) is 13.8. The first-order chi connectivity index (χ1) is 9.79. The van der Waals surface area contributed by atoms with Crippen molar-refractivity contribution in [1.29, 1.82) is 0 Å². The van der Waals surface area contributed by atoms with Crippen LogP contribution >= 0.6 is 0 Å². The van der Waals surface area contributed by atoms with Gasteiger partial charge in [0.15, 0.2) is 0 Å². The molecule has 0 aliphatic heterocycles. The molecule has 0 fully saturated rings. The Bertz CT molecular complexity index is 780. The number of benzene rings is 2. The quantitative estimate of drug-likeness (QED) is 0.640. The summed E-state index contributed by atoms with van der Waals surface area (Å²) in [6.07, 6.45) is 6.05. The number of rotatable bonds is 2. The fourth-order valence-electron chi connectivity index (χ4n) is 3.38. The molecule has 0 saturated heterocycles. The van der Waals surface area contributed by atoms with Crippen LogP contribution in [-0.4, -0.2) is 4.57 Å². The molecule has 0 saturated carbocycles. The van der Waals surface area contributed by atoms with Gasteiger partial charge >= 0.3 is 0 Å². The zero-order chi connectivity index (χ0) is 13.5. The smallest absolute Gasteiger partial charge is 0.0483 e. The molecule has 100 valence electrons. The highest BCUT2D eigenvalue weighted by molar-refractivity contribution is 5.80. The van der Waals surface area contributed by atoms with Gasteiger partial charge in [0.25, 0.3) is 0 Å². The lowest BCUT2D eigenvalue weighted by Crippen LogP contribution is -1.98. The highest BCUT2D eigenvalue weighted by atomic mass is 14.9. The highest BCUT2D eigenvalue weighted by Crippen LogP contribution is 2.24. The summed E-state index contributed by atoms with van der Waals surface area (Å²) in [6, 6.07) is 15.9. The van der Waals surface area contributed by atoms with Gasteiger partial charge in [0.1, 0.15) is 0 Å². The lowest BCUT2D eigenvalue weighted by Gasteiger charge is -2.08. The molecule has 0 radical (unpaired) electrons. The average Bonchev–Trinajstić information content (AvgIpc) is 3.05. The van der Waals surface area contributed by atoms with Crippen LogP contribution in [0.5, 0.6) is 0 Å². The average molecular weight is 261 g/mol. The van der Waals surface area contributed by atoms with Crippen molar-refractivity contribution >= 4 is 10.9 Å². The van der Waals surface area contributed by atoms with Crippen molar-refractivity contribution < 1.29 is 0 Å². The molecular formula is C19H19N. The fourth-order valence-corrected chi connectivity index (χ4v) is 3.38. The zero-order valence-electron chi connectivity index (χ0n) is 11.9. The molecule has 0 spiro atoms. The topological polar surface area (TPSA) is 4.93 Å². The van der Waals surface area contributed by atoms with E-state index < -0.39 is 0 Å². The minimum Gasteiger partial charge on any atom is -0.343 e. The second-order valence-electron chi connectivity index (χ2n) is 5.96. The maximum absolute atomic E-state index is 2.41. The van der Waals surface area contributed by atoms with E-state index in [2.05, 4.69) is 60.2 Å². The molecular weight excluding hydrogens is 242 g/mol. The van der Waals surface area contributed by atoms with Gasteiger partial charge in [-0.25, -0.2) is 0 Å². The maximum atomic E-state index is 2.41. The van der Waals surface area contributed by atoms with E-state index in [0.29, 0.717) is 0 Å². The Morgan fingerprint density at radius 1 is 0.950 bits per heavy atom. The Morgan fingerprint density at radius 2 is 1.85 bits per heavy atom. The fraction of sp³-hybridized carbons (Fsp3) is 0.263. The van der Waals surface area contributed by atoms with Gasteiger partial charge in [0, 0.05) is 18.3 Å². The summed E-state index contributed by atoms with van der Waals surface area (Å²) in [5.74, 6) is 0. The lowest BCUT2D eigenvalue weighted by atomic mass is 10.1. The standard InChI is InChI=1S/C19H19N/c1-14-5-8-19-18(11-14)9-10-20(19)13-15-6-7-16-3-2-4-17(16)12-15/h5-12H,2-4,13H2,1H3. The molecule has 1 aromatic heterocycles. The molecule has 3 aromatic rings. The summed E-state index contributed by atoms with van der Waals surface area (Å²) in [4.78, 5) is 0. The number of aryl methyl sites for hydroxylation is 3. The van der Waals surface area contributed by atoms with E-state index in [-0.39, 0.29) is 0 Å². The van der Waals surface area contributed by atoms with Crippen molar-refractivity contribution in [1.82, 2.24) is 4.57 Å². The van der Waals surface area contributed by atoms with Crippen LogP contribution in [0.1, 0.15) is 28.7 Å². The van der Waals surface area contributed by atoms with E-state index in [4.69, 9.17) is 0 Å². The molecule has 0 bridgehead atoms. The largest absolute Gasteiger partial charge is 0.343 e. The second-order valence-corrected chi connectivity index (χ2v) is 5.96. The van der Waals surface area contributed by atoms with Gasteiger partial charge in [-0.3, -0.25) is 0 Å². The summed E-state index contributed by atoms with van der Waals surface area (Å²) in [5.41, 5.74) is 7.20. The first kappa shape index (κ1) is 11.8. The Labute approximate surface area is 119 Å². The number of aromatic nitrogens is 1. The van der Waals surface area contributed by atoms with Gasteiger partial charge < -0.3 is 4.57 Å². The van der Waals surface area contributed by atoms with E-state index in [0.717, 1.165) is 6.54 Å². The summed E-state index contributed by atoms with van der Waals surface area (Å²) >= 11 is 0. The summed E-state index contributed by atoms with van der Waals surface area (Å²) in [5, 5.41) is 1.34. The van der Waals surface area contributed by atoms with Crippen molar-refractivity contribution in [2.24, 2.45) is 0 Å². The van der Waals surface area contributed by atoms with E-state index in [1.807, 2.05) is 0 Å². The molecule has 0 amide bonds. The molecule has 1 aliphatic rings. The molecule has 0 atom stereocenters. The predicted octanol–water partition coefficient (Wildman–Crippen LogP) is 4.49. The van der Waals surface area contributed by atoms with Crippen LogP contribution in [0.2, 0.25) is 0 Å². The number of nitrogens with zero attached hydrogens (tertiary/aromatic N) is 1. The van der Waals surface area contributed by atoms with E-state index >= 15 is 0 Å². The van der Waals surface area contributed by atoms with Crippen molar-refractivity contribution in [2.45, 2.75) is 32.7 Å². The van der Waals surface area contributed by atoms with Gasteiger partial charge in [0.2, 0.25) is 0 Å². The molecule has 0 unspecified atom stereocenters. The third-order valence-corrected chi connectivity index (χ3v) is 4.44. The number of hydrogen-bond donors (Lipinski definition) is 0. The Hall–Kier alpha value is -2.02. The highest BCUT2D eigenvalue weighted by Gasteiger charge is 2.11. The van der Waals surface area contributed by atoms with Crippen LogP contribution in [0.15, 0.2) is 48.7 Å². The predicted molar refractivity (Wildman–Crippen MR) is 84.2 cm³/mol. The minimum absolute atomic E-state index is 0.972. The van der Waals surface area contributed by atoms with Crippen LogP contribution in [0.4, 0.5) is 0 Å². The van der Waals surface area contributed by atoms with Gasteiger partial charge in [0.05, 0.1) is 0 Å². The summed E-state index contributed by atoms with van der Waals surface area (Å²) in [7, 11) is 0. The van der Waals surface area contributed by atoms with Crippen LogP contribution in [0, 0.1) is 6.92 Å². The van der Waals surface area contributed by atoms with E-state index in [1.54, 1.807) is 11.1 Å². The van der Waals surface area contributed by atoms with E-state index in [9.17, 15) is 0 Å². The molecule has 1 nitrogen and oxygen atoms in total. The molecule has 20 heavy (non-hydrogen) atoms. The Balaban J connectivity index is 1.70. The van der Waals surface area contributed by atoms with Crippen molar-refractivity contribution in [3.63, 3.8) is 0 Å². The molecule has 2 aromatic carbocycles. The molecule has 1 heterocycles.